The highest BCUT2D eigenvalue weighted by molar-refractivity contribution is 6.15. The minimum absolute atomic E-state index is 0.308. The topological polar surface area (TPSA) is 63.0 Å². The Bertz CT molecular complexity index is 2770. The van der Waals surface area contributed by atoms with Crippen molar-refractivity contribution in [3.05, 3.63) is 180 Å². The van der Waals surface area contributed by atoms with E-state index in [4.69, 9.17) is 18.8 Å². The molecule has 3 heterocycles. The second-order valence-electron chi connectivity index (χ2n) is 12.6. The zero-order valence-electron chi connectivity index (χ0n) is 26.9. The lowest BCUT2D eigenvalue weighted by Crippen LogP contribution is -2.33. The molecule has 0 amide bonds. The fourth-order valence-corrected chi connectivity index (χ4v) is 7.04. The van der Waals surface area contributed by atoms with Crippen molar-refractivity contribution in [2.24, 2.45) is 9.98 Å². The van der Waals surface area contributed by atoms with Gasteiger partial charge in [0, 0.05) is 38.2 Å². The molecule has 2 aromatic heterocycles. The van der Waals surface area contributed by atoms with Gasteiger partial charge in [0.1, 0.15) is 34.3 Å². The molecular weight excluding hydrogens is 615 g/mol. The first-order valence-electron chi connectivity index (χ1n) is 16.8. The molecule has 50 heavy (non-hydrogen) atoms. The molecule has 1 atom stereocenters. The van der Waals surface area contributed by atoms with Crippen molar-refractivity contribution >= 4 is 55.5 Å². The smallest absolute Gasteiger partial charge is 0.159 e. The Hall–Kier alpha value is -6.72. The summed E-state index contributed by atoms with van der Waals surface area (Å²) in [6, 6.07) is 56.3. The van der Waals surface area contributed by atoms with Crippen molar-refractivity contribution < 1.29 is 8.83 Å². The summed E-state index contributed by atoms with van der Waals surface area (Å²) in [6.45, 7) is 0. The van der Waals surface area contributed by atoms with E-state index in [0.29, 0.717) is 5.84 Å². The lowest BCUT2D eigenvalue weighted by molar-refractivity contribution is 0.667. The minimum atomic E-state index is -0.308. The minimum Gasteiger partial charge on any atom is -0.456 e. The van der Waals surface area contributed by atoms with Gasteiger partial charge in [-0.15, -0.1) is 0 Å². The molecule has 1 N–H and O–H groups in total. The van der Waals surface area contributed by atoms with E-state index in [1.807, 2.05) is 36.4 Å². The summed E-state index contributed by atoms with van der Waals surface area (Å²) in [5.74, 6) is 1.43. The summed E-state index contributed by atoms with van der Waals surface area (Å²) in [5.41, 5.74) is 10.8. The predicted molar refractivity (Wildman–Crippen MR) is 204 cm³/mol. The number of para-hydroxylation sites is 2. The van der Waals surface area contributed by atoms with Crippen LogP contribution in [0.1, 0.15) is 22.9 Å². The number of nitrogens with zero attached hydrogens (tertiary/aromatic N) is 2. The summed E-state index contributed by atoms with van der Waals surface area (Å²) < 4.78 is 12.8. The Morgan fingerprint density at radius 2 is 1.10 bits per heavy atom. The molecule has 0 radical (unpaired) electrons. The van der Waals surface area contributed by atoms with Crippen molar-refractivity contribution in [2.75, 3.05) is 0 Å². The molecule has 1 unspecified atom stereocenters. The number of amidine groups is 2. The number of nitrogens with one attached hydrogen (secondary N) is 1. The first-order chi connectivity index (χ1) is 24.7. The third-order valence-corrected chi connectivity index (χ3v) is 9.57. The second-order valence-corrected chi connectivity index (χ2v) is 12.6. The first kappa shape index (κ1) is 28.3. The van der Waals surface area contributed by atoms with Crippen LogP contribution in [0.15, 0.2) is 183 Å². The third-order valence-electron chi connectivity index (χ3n) is 9.57. The number of fused-ring (bicyclic) bond motifs is 6. The van der Waals surface area contributed by atoms with E-state index in [9.17, 15) is 0 Å². The van der Waals surface area contributed by atoms with Crippen LogP contribution in [0.2, 0.25) is 0 Å². The Balaban J connectivity index is 1.04. The van der Waals surface area contributed by atoms with Gasteiger partial charge in [0.25, 0.3) is 0 Å². The van der Waals surface area contributed by atoms with Crippen molar-refractivity contribution in [1.29, 1.82) is 0 Å². The highest BCUT2D eigenvalue weighted by atomic mass is 16.3. The monoisotopic (exact) mass is 643 g/mol. The largest absolute Gasteiger partial charge is 0.456 e. The van der Waals surface area contributed by atoms with Crippen LogP contribution in [0.3, 0.4) is 0 Å². The van der Waals surface area contributed by atoms with Gasteiger partial charge in [0.2, 0.25) is 0 Å². The van der Waals surface area contributed by atoms with Crippen LogP contribution in [0.25, 0.3) is 66.1 Å². The van der Waals surface area contributed by atoms with E-state index in [1.54, 1.807) is 0 Å². The van der Waals surface area contributed by atoms with Gasteiger partial charge in [0.15, 0.2) is 5.84 Å². The van der Waals surface area contributed by atoms with E-state index in [0.717, 1.165) is 77.5 Å². The van der Waals surface area contributed by atoms with E-state index in [-0.39, 0.29) is 6.17 Å². The summed E-state index contributed by atoms with van der Waals surface area (Å²) in [6.07, 6.45) is -0.308. The zero-order valence-corrected chi connectivity index (χ0v) is 26.9. The molecule has 0 saturated carbocycles. The van der Waals surface area contributed by atoms with Crippen molar-refractivity contribution in [2.45, 2.75) is 6.17 Å². The molecule has 5 heteroatoms. The van der Waals surface area contributed by atoms with Gasteiger partial charge in [0.05, 0.1) is 0 Å². The van der Waals surface area contributed by atoms with Crippen LogP contribution in [-0.4, -0.2) is 11.7 Å². The maximum Gasteiger partial charge on any atom is 0.159 e. The lowest BCUT2D eigenvalue weighted by atomic mass is 10.00. The second kappa shape index (κ2) is 11.5. The molecule has 236 valence electrons. The summed E-state index contributed by atoms with van der Waals surface area (Å²) in [5, 5.41) is 7.90. The summed E-state index contributed by atoms with van der Waals surface area (Å²) in [7, 11) is 0. The van der Waals surface area contributed by atoms with Crippen LogP contribution in [0, 0.1) is 0 Å². The third kappa shape index (κ3) is 4.79. The number of hydrogen-bond acceptors (Lipinski definition) is 5. The average molecular weight is 644 g/mol. The Kier molecular flexibility index (Phi) is 6.49. The van der Waals surface area contributed by atoms with Gasteiger partial charge in [-0.2, -0.15) is 0 Å². The molecule has 0 bridgehead atoms. The standard InChI is InChI=1S/C45H29N3O2/c1-3-10-28(11-4-1)29-18-20-31(21-19-29)44-46-43(30-12-5-2-6-13-30)47-45(48-44)33-22-24-36-38-26-32(23-25-40(38)49-41(36)27-33)34-15-9-16-37-35-14-7-8-17-39(35)50-42(34)37/h1-27,44H,(H,46,47,48). The predicted octanol–water partition coefficient (Wildman–Crippen LogP) is 11.3. The van der Waals surface area contributed by atoms with Gasteiger partial charge >= 0.3 is 0 Å². The maximum atomic E-state index is 6.45. The van der Waals surface area contributed by atoms with E-state index >= 15 is 0 Å². The molecule has 0 saturated heterocycles. The fourth-order valence-electron chi connectivity index (χ4n) is 7.04. The number of hydrogen-bond donors (Lipinski definition) is 1. The molecule has 5 nitrogen and oxygen atoms in total. The van der Waals surface area contributed by atoms with Crippen LogP contribution in [0.5, 0.6) is 0 Å². The van der Waals surface area contributed by atoms with Gasteiger partial charge in [-0.1, -0.05) is 133 Å². The average Bonchev–Trinajstić information content (AvgIpc) is 3.76. The molecule has 0 aliphatic carbocycles. The van der Waals surface area contributed by atoms with Crippen molar-refractivity contribution in [3.8, 4) is 22.3 Å². The van der Waals surface area contributed by atoms with E-state index < -0.39 is 0 Å². The highest BCUT2D eigenvalue weighted by Gasteiger charge is 2.22. The Morgan fingerprint density at radius 3 is 1.94 bits per heavy atom. The molecule has 1 aliphatic heterocycles. The van der Waals surface area contributed by atoms with Gasteiger partial charge in [-0.3, -0.25) is 0 Å². The van der Waals surface area contributed by atoms with E-state index in [2.05, 4.69) is 133 Å². The van der Waals surface area contributed by atoms with Crippen LogP contribution in [0.4, 0.5) is 0 Å². The SMILES string of the molecule is c1ccc(C2=NC(c3ccc4c(c3)oc3ccc(-c5cccc6c5oc5ccccc56)cc34)=NC(c3ccc(-c4ccccc4)cc3)N2)cc1. The number of benzene rings is 7. The summed E-state index contributed by atoms with van der Waals surface area (Å²) in [4.78, 5) is 10.2. The fraction of sp³-hybridized carbons (Fsp3) is 0.0222. The molecule has 0 fully saturated rings. The molecule has 0 spiro atoms. The normalized spacial score (nSPS) is 14.6. The molecule has 7 aromatic carbocycles. The Morgan fingerprint density at radius 1 is 0.440 bits per heavy atom. The van der Waals surface area contributed by atoms with Crippen LogP contribution >= 0.6 is 0 Å². The zero-order chi connectivity index (χ0) is 33.0. The van der Waals surface area contributed by atoms with Crippen molar-refractivity contribution in [1.82, 2.24) is 5.32 Å². The molecule has 1 aliphatic rings. The van der Waals surface area contributed by atoms with Crippen LogP contribution in [-0.2, 0) is 0 Å². The first-order valence-corrected chi connectivity index (χ1v) is 16.8. The van der Waals surface area contributed by atoms with E-state index in [1.165, 1.54) is 11.1 Å². The molecule has 9 aromatic rings. The lowest BCUT2D eigenvalue weighted by Gasteiger charge is -2.24. The number of rotatable bonds is 5. The van der Waals surface area contributed by atoms with Gasteiger partial charge in [-0.25, -0.2) is 9.98 Å². The Labute approximate surface area is 287 Å². The summed E-state index contributed by atoms with van der Waals surface area (Å²) >= 11 is 0. The van der Waals surface area contributed by atoms with Gasteiger partial charge in [-0.05, 0) is 52.6 Å². The maximum absolute atomic E-state index is 6.45. The number of aliphatic imine (C=N–C) groups is 2. The van der Waals surface area contributed by atoms with Gasteiger partial charge < -0.3 is 14.2 Å². The van der Waals surface area contributed by atoms with Crippen molar-refractivity contribution in [3.63, 3.8) is 0 Å². The molecular formula is C45H29N3O2. The molecule has 10 rings (SSSR count). The number of furan rings is 2. The highest BCUT2D eigenvalue weighted by Crippen LogP contribution is 2.39. The van der Waals surface area contributed by atoms with Crippen LogP contribution < -0.4 is 5.32 Å². The quantitative estimate of drug-likeness (QED) is 0.203.